The summed E-state index contributed by atoms with van der Waals surface area (Å²) in [6.07, 6.45) is 16.2. The molecular weight excluding hydrogens is 426 g/mol. The average Bonchev–Trinajstić information content (AvgIpc) is 2.79. The molecule has 0 aromatic rings. The van der Waals surface area contributed by atoms with Gasteiger partial charge < -0.3 is 0 Å². The molecule has 0 bridgehead atoms. The van der Waals surface area contributed by atoms with E-state index in [9.17, 15) is 9.59 Å². The molecule has 0 rings (SSSR count). The number of thioether (sulfide) groups is 1. The molecule has 3 nitrogen and oxygen atoms in total. The lowest BCUT2D eigenvalue weighted by Crippen LogP contribution is -2.16. The van der Waals surface area contributed by atoms with Gasteiger partial charge in [-0.1, -0.05) is 89.9 Å². The van der Waals surface area contributed by atoms with Gasteiger partial charge in [-0.3, -0.25) is 14.6 Å². The van der Waals surface area contributed by atoms with E-state index in [0.29, 0.717) is 12.1 Å². The van der Waals surface area contributed by atoms with Crippen LogP contribution in [0.15, 0.2) is 51.4 Å². The first-order valence-corrected chi connectivity index (χ1v) is 13.5. The van der Waals surface area contributed by atoms with Gasteiger partial charge in [0.15, 0.2) is 11.6 Å². The number of allylic oxidation sites excluding steroid dienone is 6. The van der Waals surface area contributed by atoms with Gasteiger partial charge in [0.05, 0.1) is 4.91 Å². The highest BCUT2D eigenvalue weighted by Gasteiger charge is 2.20. The number of carbonyl (C=O) groups is 2. The molecule has 0 aliphatic heterocycles. The summed E-state index contributed by atoms with van der Waals surface area (Å²) in [5.41, 5.74) is 1.76. The van der Waals surface area contributed by atoms with Crippen molar-refractivity contribution in [1.82, 2.24) is 0 Å². The predicted octanol–water partition coefficient (Wildman–Crippen LogP) is 9.02. The summed E-state index contributed by atoms with van der Waals surface area (Å²) in [4.78, 5) is 31.2. The van der Waals surface area contributed by atoms with E-state index in [1.807, 2.05) is 18.2 Å². The molecule has 0 fully saturated rings. The molecule has 4 heteroatoms. The van der Waals surface area contributed by atoms with Crippen LogP contribution in [0.25, 0.3) is 0 Å². The van der Waals surface area contributed by atoms with Crippen LogP contribution >= 0.6 is 11.8 Å². The van der Waals surface area contributed by atoms with Gasteiger partial charge in [-0.05, 0) is 68.8 Å². The fourth-order valence-corrected chi connectivity index (χ4v) is 4.19. The minimum atomic E-state index is 0.0897. The third-order valence-corrected chi connectivity index (χ3v) is 7.07. The number of aliphatic imine (C=N–C) groups is 1. The van der Waals surface area contributed by atoms with Crippen molar-refractivity contribution in [1.29, 1.82) is 0 Å². The van der Waals surface area contributed by atoms with Crippen LogP contribution in [0.3, 0.4) is 0 Å². The molecule has 186 valence electrons. The van der Waals surface area contributed by atoms with Gasteiger partial charge in [0, 0.05) is 12.6 Å². The third-order valence-electron chi connectivity index (χ3n) is 5.76. The van der Waals surface area contributed by atoms with E-state index >= 15 is 0 Å². The molecule has 33 heavy (non-hydrogen) atoms. The topological polar surface area (TPSA) is 46.5 Å². The van der Waals surface area contributed by atoms with Gasteiger partial charge >= 0.3 is 0 Å². The van der Waals surface area contributed by atoms with Gasteiger partial charge in [0.25, 0.3) is 0 Å². The molecule has 0 amide bonds. The van der Waals surface area contributed by atoms with Crippen molar-refractivity contribution in [3.05, 3.63) is 46.4 Å². The van der Waals surface area contributed by atoms with E-state index in [1.165, 1.54) is 17.3 Å². The number of hydrogen-bond donors (Lipinski definition) is 0. The standard InChI is InChI=1S/C29H47NO2S/c1-9-12-15-20-30-27(21-22(4)16-13-10-2)28(32)19-18-23(5)24(6)26(8)33-29(25(7)31)17-14-11-3/h15,17,20-21,23-24H,8-14,16,18-19H2,1-7H3/b20-15+,22-21+,29-17-,30-27+/t23-,24?/m1/s1. The van der Waals surface area contributed by atoms with E-state index in [1.54, 1.807) is 13.1 Å². The molecule has 0 spiro atoms. The molecule has 0 heterocycles. The van der Waals surface area contributed by atoms with Crippen LogP contribution in [0.2, 0.25) is 0 Å². The molecule has 0 N–H and O–H groups in total. The Morgan fingerprint density at radius 1 is 1.00 bits per heavy atom. The van der Waals surface area contributed by atoms with Gasteiger partial charge in [-0.15, -0.1) is 0 Å². The highest BCUT2D eigenvalue weighted by Crippen LogP contribution is 2.35. The Morgan fingerprint density at radius 3 is 2.24 bits per heavy atom. The van der Waals surface area contributed by atoms with E-state index in [2.05, 4.69) is 53.1 Å². The number of ketones is 2. The molecule has 0 aromatic carbocycles. The van der Waals surface area contributed by atoms with Crippen molar-refractivity contribution in [2.75, 3.05) is 0 Å². The third kappa shape index (κ3) is 14.2. The summed E-state index contributed by atoms with van der Waals surface area (Å²) >= 11 is 1.49. The maximum Gasteiger partial charge on any atom is 0.181 e. The number of carbonyl (C=O) groups excluding carboxylic acids is 2. The van der Waals surface area contributed by atoms with Crippen molar-refractivity contribution >= 4 is 29.0 Å². The quantitative estimate of drug-likeness (QED) is 0.147. The molecule has 0 aliphatic rings. The lowest BCUT2D eigenvalue weighted by molar-refractivity contribution is -0.113. The number of nitrogens with zero attached hydrogens (tertiary/aromatic N) is 1. The Morgan fingerprint density at radius 2 is 1.67 bits per heavy atom. The monoisotopic (exact) mass is 473 g/mol. The average molecular weight is 474 g/mol. The van der Waals surface area contributed by atoms with Crippen LogP contribution in [-0.4, -0.2) is 17.3 Å². The van der Waals surface area contributed by atoms with E-state index in [0.717, 1.165) is 61.2 Å². The smallest absolute Gasteiger partial charge is 0.181 e. The SMILES string of the molecule is C=C(S/C(=C\CCC)C(C)=O)C(C)[C@H](C)CCC(=O)C(/C=C(\C)CCCC)=N/C=C/CCC. The molecule has 0 aromatic heterocycles. The minimum Gasteiger partial charge on any atom is -0.294 e. The normalized spacial score (nSPS) is 15.1. The maximum absolute atomic E-state index is 13.0. The Labute approximate surface area is 208 Å². The van der Waals surface area contributed by atoms with Gasteiger partial charge in [-0.25, -0.2) is 0 Å². The first kappa shape index (κ1) is 31.3. The second-order valence-corrected chi connectivity index (χ2v) is 10.2. The highest BCUT2D eigenvalue weighted by atomic mass is 32.2. The Bertz CT molecular complexity index is 743. The Balaban J connectivity index is 5.16. The number of Topliss-reactive ketones (excluding diaryl/α,β-unsaturated/α-hetero) is 2. The first-order valence-electron chi connectivity index (χ1n) is 12.7. The zero-order valence-corrected chi connectivity index (χ0v) is 23.0. The lowest BCUT2D eigenvalue weighted by Gasteiger charge is -2.22. The fourth-order valence-electron chi connectivity index (χ4n) is 3.15. The van der Waals surface area contributed by atoms with Crippen molar-refractivity contribution in [2.24, 2.45) is 16.8 Å². The zero-order valence-electron chi connectivity index (χ0n) is 22.2. The molecule has 2 atom stereocenters. The predicted molar refractivity (Wildman–Crippen MR) is 148 cm³/mol. The summed E-state index contributed by atoms with van der Waals surface area (Å²) in [5, 5.41) is 0. The number of rotatable bonds is 18. The largest absolute Gasteiger partial charge is 0.294 e. The summed E-state index contributed by atoms with van der Waals surface area (Å²) in [6, 6.07) is 0. The second-order valence-electron chi connectivity index (χ2n) is 8.99. The Hall–Kier alpha value is -1.68. The van der Waals surface area contributed by atoms with Gasteiger partial charge in [0.1, 0.15) is 5.71 Å². The maximum atomic E-state index is 13.0. The van der Waals surface area contributed by atoms with E-state index in [4.69, 9.17) is 0 Å². The molecule has 1 unspecified atom stereocenters. The second kappa shape index (κ2) is 18.7. The van der Waals surface area contributed by atoms with Crippen LogP contribution in [0.5, 0.6) is 0 Å². The van der Waals surface area contributed by atoms with Crippen molar-refractivity contribution in [2.45, 2.75) is 106 Å². The molecule has 0 saturated heterocycles. The summed E-state index contributed by atoms with van der Waals surface area (Å²) in [7, 11) is 0. The minimum absolute atomic E-state index is 0.0897. The van der Waals surface area contributed by atoms with Gasteiger partial charge in [0.2, 0.25) is 0 Å². The van der Waals surface area contributed by atoms with Crippen LogP contribution in [0.4, 0.5) is 0 Å². The lowest BCUT2D eigenvalue weighted by atomic mass is 9.90. The van der Waals surface area contributed by atoms with Crippen LogP contribution in [0.1, 0.15) is 106 Å². The number of unbranched alkanes of at least 4 members (excludes halogenated alkanes) is 3. The van der Waals surface area contributed by atoms with Crippen molar-refractivity contribution in [3.63, 3.8) is 0 Å². The van der Waals surface area contributed by atoms with Crippen molar-refractivity contribution < 1.29 is 9.59 Å². The van der Waals surface area contributed by atoms with Crippen LogP contribution in [0, 0.1) is 11.8 Å². The van der Waals surface area contributed by atoms with Crippen LogP contribution in [-0.2, 0) is 9.59 Å². The van der Waals surface area contributed by atoms with E-state index in [-0.39, 0.29) is 23.4 Å². The van der Waals surface area contributed by atoms with E-state index < -0.39 is 0 Å². The highest BCUT2D eigenvalue weighted by molar-refractivity contribution is 8.07. The number of hydrogen-bond acceptors (Lipinski definition) is 4. The zero-order chi connectivity index (χ0) is 25.2. The molecule has 0 radical (unpaired) electrons. The molecule has 0 saturated carbocycles. The molecule has 0 aliphatic carbocycles. The fraction of sp³-hybridized carbons (Fsp3) is 0.621. The first-order chi connectivity index (χ1) is 15.7. The van der Waals surface area contributed by atoms with Crippen molar-refractivity contribution in [3.8, 4) is 0 Å². The summed E-state index contributed by atoms with van der Waals surface area (Å²) in [6.45, 7) is 18.6. The summed E-state index contributed by atoms with van der Waals surface area (Å²) in [5.74, 6) is 0.678. The Kier molecular flexibility index (Phi) is 17.8. The van der Waals surface area contributed by atoms with Crippen LogP contribution < -0.4 is 0 Å². The van der Waals surface area contributed by atoms with Gasteiger partial charge in [-0.2, -0.15) is 0 Å². The summed E-state index contributed by atoms with van der Waals surface area (Å²) < 4.78 is 0. The molecular formula is C29H47NO2S.